The molecule has 1 aliphatic rings. The van der Waals surface area contributed by atoms with Crippen LogP contribution in [0.5, 0.6) is 0 Å². The Morgan fingerprint density at radius 1 is 1.08 bits per heavy atom. The highest BCUT2D eigenvalue weighted by molar-refractivity contribution is 7.21. The van der Waals surface area contributed by atoms with Gasteiger partial charge in [-0.1, -0.05) is 67.9 Å². The molecule has 0 spiro atoms. The van der Waals surface area contributed by atoms with Crippen LogP contribution < -0.4 is 4.90 Å². The fraction of sp³-hybridized carbons (Fsp3) is 0.276. The highest BCUT2D eigenvalue weighted by Gasteiger charge is 2.48. The molecule has 1 aliphatic heterocycles. The number of thiophene rings is 1. The monoisotopic (exact) mass is 518 g/mol. The molecule has 3 aromatic carbocycles. The molecule has 0 saturated heterocycles. The van der Waals surface area contributed by atoms with E-state index in [0.29, 0.717) is 20.0 Å². The van der Waals surface area contributed by atoms with E-state index in [0.717, 1.165) is 24.1 Å². The Morgan fingerprint density at radius 2 is 1.78 bits per heavy atom. The molecule has 0 fully saturated rings. The van der Waals surface area contributed by atoms with Gasteiger partial charge in [0.2, 0.25) is 0 Å². The summed E-state index contributed by atoms with van der Waals surface area (Å²) in [5, 5.41) is 12.2. The van der Waals surface area contributed by atoms with Crippen molar-refractivity contribution in [3.8, 4) is 0 Å². The lowest BCUT2D eigenvalue weighted by Gasteiger charge is -2.51. The summed E-state index contributed by atoms with van der Waals surface area (Å²) in [7, 11) is 0. The third-order valence-corrected chi connectivity index (χ3v) is 9.00. The van der Waals surface area contributed by atoms with Crippen molar-refractivity contribution in [2.75, 3.05) is 4.90 Å². The first-order valence-corrected chi connectivity index (χ1v) is 13.2. The Bertz CT molecular complexity index is 1510. The molecule has 1 amide bonds. The molecule has 0 unspecified atom stereocenters. The molecule has 5 rings (SSSR count). The van der Waals surface area contributed by atoms with Crippen LogP contribution in [0.25, 0.3) is 10.1 Å². The highest BCUT2D eigenvalue weighted by atomic mass is 35.5. The van der Waals surface area contributed by atoms with E-state index in [1.54, 1.807) is 6.07 Å². The topological polar surface area (TPSA) is 63.5 Å². The molecule has 4 aromatic rings. The number of anilines is 1. The van der Waals surface area contributed by atoms with Crippen LogP contribution in [0.4, 0.5) is 11.4 Å². The summed E-state index contributed by atoms with van der Waals surface area (Å²) in [6.07, 6.45) is 1.71. The quantitative estimate of drug-likeness (QED) is 0.202. The second kappa shape index (κ2) is 8.71. The summed E-state index contributed by atoms with van der Waals surface area (Å²) < 4.78 is 0.626. The van der Waals surface area contributed by atoms with Crippen molar-refractivity contribution >= 4 is 50.3 Å². The first-order chi connectivity index (χ1) is 17.1. The number of non-ortho nitro benzene ring substituents is 1. The number of fused-ring (bicyclic) bond motifs is 2. The molecule has 0 saturated carbocycles. The number of carbonyl (C=O) groups is 1. The van der Waals surface area contributed by atoms with Gasteiger partial charge in [-0.2, -0.15) is 0 Å². The van der Waals surface area contributed by atoms with Crippen molar-refractivity contribution in [1.29, 1.82) is 0 Å². The first kappa shape index (κ1) is 24.5. The third-order valence-electron chi connectivity index (χ3n) is 7.35. The van der Waals surface area contributed by atoms with Gasteiger partial charge in [0.1, 0.15) is 4.88 Å². The minimum atomic E-state index is -0.519. The molecule has 0 radical (unpaired) electrons. The summed E-state index contributed by atoms with van der Waals surface area (Å²) in [6.45, 7) is 8.58. The number of amides is 1. The van der Waals surface area contributed by atoms with Crippen molar-refractivity contribution in [3.63, 3.8) is 0 Å². The number of halogens is 1. The molecule has 7 heteroatoms. The molecule has 36 heavy (non-hydrogen) atoms. The Labute approximate surface area is 219 Å². The highest BCUT2D eigenvalue weighted by Crippen LogP contribution is 2.51. The van der Waals surface area contributed by atoms with E-state index in [4.69, 9.17) is 11.6 Å². The smallest absolute Gasteiger partial charge is 0.270 e. The van der Waals surface area contributed by atoms with E-state index in [2.05, 4.69) is 58.0 Å². The van der Waals surface area contributed by atoms with Gasteiger partial charge in [0.05, 0.1) is 9.95 Å². The van der Waals surface area contributed by atoms with Crippen molar-refractivity contribution in [1.82, 2.24) is 0 Å². The van der Waals surface area contributed by atoms with Gasteiger partial charge in [0.25, 0.3) is 11.6 Å². The summed E-state index contributed by atoms with van der Waals surface area (Å²) in [5.74, 6) is -0.190. The fourth-order valence-corrected chi connectivity index (χ4v) is 7.13. The van der Waals surface area contributed by atoms with Crippen LogP contribution in [0.3, 0.4) is 0 Å². The Balaban J connectivity index is 1.64. The predicted octanol–water partition coefficient (Wildman–Crippen LogP) is 8.16. The fourth-order valence-electron chi connectivity index (χ4n) is 5.66. The predicted molar refractivity (Wildman–Crippen MR) is 148 cm³/mol. The molecule has 1 atom stereocenters. The van der Waals surface area contributed by atoms with Gasteiger partial charge in [-0.05, 0) is 55.5 Å². The minimum Gasteiger partial charge on any atom is -0.302 e. The van der Waals surface area contributed by atoms with Crippen LogP contribution in [0.1, 0.15) is 60.5 Å². The van der Waals surface area contributed by atoms with Gasteiger partial charge in [0.15, 0.2) is 0 Å². The van der Waals surface area contributed by atoms with Crippen molar-refractivity contribution in [3.05, 3.63) is 103 Å². The summed E-state index contributed by atoms with van der Waals surface area (Å²) >= 11 is 7.90. The van der Waals surface area contributed by atoms with E-state index in [1.807, 2.05) is 23.1 Å². The van der Waals surface area contributed by atoms with Crippen molar-refractivity contribution in [2.45, 2.75) is 51.5 Å². The zero-order valence-corrected chi connectivity index (χ0v) is 22.2. The zero-order valence-electron chi connectivity index (χ0n) is 20.7. The van der Waals surface area contributed by atoms with E-state index < -0.39 is 10.5 Å². The number of nitro benzene ring substituents is 1. The first-order valence-electron chi connectivity index (χ1n) is 12.0. The van der Waals surface area contributed by atoms with Gasteiger partial charge >= 0.3 is 0 Å². The minimum absolute atomic E-state index is 0.0204. The Morgan fingerprint density at radius 3 is 2.44 bits per heavy atom. The number of nitrogens with zero attached hydrogens (tertiary/aromatic N) is 2. The summed E-state index contributed by atoms with van der Waals surface area (Å²) in [6, 6.07) is 21.4. The number of aryl methyl sites for hydroxylation is 1. The SMILES string of the molecule is CCc1ccc([C@@]2(C)CC(C)(C)N(C(=O)c3sc4cc([N+](=O)[O-])ccc4c3Cl)c3ccccc32)cc1. The van der Waals surface area contributed by atoms with Crippen LogP contribution >= 0.6 is 22.9 Å². The molecule has 5 nitrogen and oxygen atoms in total. The number of carbonyl (C=O) groups excluding carboxylic acids is 1. The van der Waals surface area contributed by atoms with Crippen LogP contribution in [0.15, 0.2) is 66.7 Å². The van der Waals surface area contributed by atoms with Gasteiger partial charge in [-0.25, -0.2) is 0 Å². The Hall–Kier alpha value is -3.22. The van der Waals surface area contributed by atoms with Crippen LogP contribution in [-0.2, 0) is 11.8 Å². The van der Waals surface area contributed by atoms with Crippen molar-refractivity contribution < 1.29 is 9.72 Å². The molecule has 2 heterocycles. The van der Waals surface area contributed by atoms with Crippen molar-refractivity contribution in [2.24, 2.45) is 0 Å². The standard InChI is InChI=1S/C29H27ClN2O3S/c1-5-18-10-12-19(13-11-18)29(4)17-28(2,3)31(23-9-7-6-8-22(23)29)27(33)26-25(30)21-15-14-20(32(34)35)16-24(21)36-26/h6-16H,5,17H2,1-4H3/t29-/m1/s1. The zero-order chi connectivity index (χ0) is 25.8. The lowest BCUT2D eigenvalue weighted by Crippen LogP contribution is -2.55. The second-order valence-corrected chi connectivity index (χ2v) is 11.6. The average Bonchev–Trinajstić information content (AvgIpc) is 3.19. The van der Waals surface area contributed by atoms with Crippen LogP contribution in [0.2, 0.25) is 5.02 Å². The third kappa shape index (κ3) is 3.80. The maximum Gasteiger partial charge on any atom is 0.270 e. The van der Waals surface area contributed by atoms with E-state index in [1.165, 1.54) is 34.6 Å². The maximum atomic E-state index is 14.1. The Kier molecular flexibility index (Phi) is 5.92. The second-order valence-electron chi connectivity index (χ2n) is 10.2. The maximum absolute atomic E-state index is 14.1. The number of hydrogen-bond acceptors (Lipinski definition) is 4. The normalized spacial score (nSPS) is 18.8. The molecular weight excluding hydrogens is 492 g/mol. The van der Waals surface area contributed by atoms with Gasteiger partial charge in [-0.3, -0.25) is 14.9 Å². The van der Waals surface area contributed by atoms with Gasteiger partial charge in [-0.15, -0.1) is 11.3 Å². The van der Waals surface area contributed by atoms with Crippen LogP contribution in [0, 0.1) is 10.1 Å². The molecule has 1 aromatic heterocycles. The number of para-hydroxylation sites is 1. The molecule has 0 N–H and O–H groups in total. The van der Waals surface area contributed by atoms with E-state index >= 15 is 0 Å². The van der Waals surface area contributed by atoms with Gasteiger partial charge < -0.3 is 4.90 Å². The lowest BCUT2D eigenvalue weighted by atomic mass is 9.65. The molecular formula is C29H27ClN2O3S. The number of benzene rings is 3. The molecule has 0 aliphatic carbocycles. The lowest BCUT2D eigenvalue weighted by molar-refractivity contribution is -0.384. The summed E-state index contributed by atoms with van der Waals surface area (Å²) in [4.78, 5) is 27.2. The number of nitro groups is 1. The largest absolute Gasteiger partial charge is 0.302 e. The van der Waals surface area contributed by atoms with E-state index in [-0.39, 0.29) is 17.0 Å². The number of rotatable bonds is 4. The number of hydrogen-bond donors (Lipinski definition) is 0. The molecule has 184 valence electrons. The molecule has 0 bridgehead atoms. The van der Waals surface area contributed by atoms with E-state index in [9.17, 15) is 14.9 Å². The summed E-state index contributed by atoms with van der Waals surface area (Å²) in [5.41, 5.74) is 3.65. The van der Waals surface area contributed by atoms with Crippen LogP contribution in [-0.4, -0.2) is 16.4 Å². The van der Waals surface area contributed by atoms with Gasteiger partial charge in [0, 0.05) is 38.9 Å². The average molecular weight is 519 g/mol.